The zero-order valence-electron chi connectivity index (χ0n) is 11.2. The van der Waals surface area contributed by atoms with Crippen LogP contribution in [0.15, 0.2) is 41.5 Å². The van der Waals surface area contributed by atoms with E-state index < -0.39 is 0 Å². The maximum absolute atomic E-state index is 13.2. The van der Waals surface area contributed by atoms with Gasteiger partial charge in [0, 0.05) is 6.07 Å². The Bertz CT molecular complexity index is 890. The van der Waals surface area contributed by atoms with Gasteiger partial charge in [0.25, 0.3) is 5.56 Å². The van der Waals surface area contributed by atoms with Crippen LogP contribution in [0.2, 0.25) is 0 Å². The number of nitrogens with one attached hydrogen (secondary N) is 1. The number of H-pyrrole nitrogens is 1. The topological polar surface area (TPSA) is 81.0 Å². The van der Waals surface area contributed by atoms with Crippen molar-refractivity contribution in [3.8, 4) is 11.5 Å². The van der Waals surface area contributed by atoms with E-state index in [-0.39, 0.29) is 11.4 Å². The van der Waals surface area contributed by atoms with Crippen molar-refractivity contribution in [3.63, 3.8) is 0 Å². The van der Waals surface area contributed by atoms with E-state index in [0.29, 0.717) is 33.7 Å². The maximum atomic E-state index is 13.2. The molecule has 0 fully saturated rings. The van der Waals surface area contributed by atoms with Crippen LogP contribution < -0.4 is 16.0 Å². The lowest BCUT2D eigenvalue weighted by molar-refractivity contribution is 0.482. The zero-order chi connectivity index (χ0) is 15.0. The van der Waals surface area contributed by atoms with E-state index in [0.717, 1.165) is 0 Å². The number of nitrogens with two attached hydrogens (primary N) is 1. The minimum atomic E-state index is -0.304. The molecular formula is C15H12FN3O2. The first kappa shape index (κ1) is 13.1. The third-order valence-electron chi connectivity index (χ3n) is 3.13. The van der Waals surface area contributed by atoms with Gasteiger partial charge < -0.3 is 15.5 Å². The Kier molecular flexibility index (Phi) is 3.06. The largest absolute Gasteiger partial charge is 0.455 e. The highest BCUT2D eigenvalue weighted by molar-refractivity contribution is 5.84. The minimum Gasteiger partial charge on any atom is -0.455 e. The molecule has 0 aliphatic rings. The van der Waals surface area contributed by atoms with Crippen LogP contribution in [0.3, 0.4) is 0 Å². The standard InChI is InChI=1S/C15H12FN3O2/c1-8-4-9(2-3-11(8)16)21-14-6-13-10(5-12(14)17)15(20)19-7-18-13/h2-7H,17H2,1H3,(H,18,19,20). The summed E-state index contributed by atoms with van der Waals surface area (Å²) in [6, 6.07) is 7.50. The van der Waals surface area contributed by atoms with E-state index in [1.165, 1.54) is 24.5 Å². The molecule has 0 saturated heterocycles. The number of aromatic amines is 1. The molecule has 1 heterocycles. The van der Waals surface area contributed by atoms with Gasteiger partial charge in [-0.2, -0.15) is 0 Å². The van der Waals surface area contributed by atoms with Gasteiger partial charge in [-0.25, -0.2) is 9.37 Å². The van der Waals surface area contributed by atoms with Crippen molar-refractivity contribution in [2.75, 3.05) is 5.73 Å². The van der Waals surface area contributed by atoms with Crippen molar-refractivity contribution in [1.29, 1.82) is 0 Å². The molecule has 0 bridgehead atoms. The summed E-state index contributed by atoms with van der Waals surface area (Å²) in [5, 5.41) is 0.387. The van der Waals surface area contributed by atoms with Crippen molar-refractivity contribution in [2.24, 2.45) is 0 Å². The second-order valence-corrected chi connectivity index (χ2v) is 4.65. The van der Waals surface area contributed by atoms with Gasteiger partial charge in [0.1, 0.15) is 11.6 Å². The van der Waals surface area contributed by atoms with Gasteiger partial charge in [-0.3, -0.25) is 4.79 Å². The average molecular weight is 285 g/mol. The molecule has 1 aromatic heterocycles. The number of hydrogen-bond donors (Lipinski definition) is 2. The lowest BCUT2D eigenvalue weighted by Crippen LogP contribution is -2.07. The van der Waals surface area contributed by atoms with Gasteiger partial charge in [-0.05, 0) is 36.8 Å². The highest BCUT2D eigenvalue weighted by Gasteiger charge is 2.09. The van der Waals surface area contributed by atoms with E-state index in [9.17, 15) is 9.18 Å². The third kappa shape index (κ3) is 2.43. The van der Waals surface area contributed by atoms with Crippen molar-refractivity contribution in [1.82, 2.24) is 9.97 Å². The van der Waals surface area contributed by atoms with E-state index in [4.69, 9.17) is 10.5 Å². The fourth-order valence-corrected chi connectivity index (χ4v) is 2.01. The molecule has 0 spiro atoms. The molecule has 0 aliphatic carbocycles. The van der Waals surface area contributed by atoms with Crippen LogP contribution in [-0.4, -0.2) is 9.97 Å². The normalized spacial score (nSPS) is 10.8. The number of fused-ring (bicyclic) bond motifs is 1. The van der Waals surface area contributed by atoms with Gasteiger partial charge in [0.05, 0.1) is 22.9 Å². The van der Waals surface area contributed by atoms with Crippen LogP contribution >= 0.6 is 0 Å². The predicted octanol–water partition coefficient (Wildman–Crippen LogP) is 2.75. The number of hydrogen-bond acceptors (Lipinski definition) is 4. The highest BCUT2D eigenvalue weighted by atomic mass is 19.1. The van der Waals surface area contributed by atoms with Crippen molar-refractivity contribution >= 4 is 16.6 Å². The molecule has 5 nitrogen and oxygen atoms in total. The van der Waals surface area contributed by atoms with Crippen molar-refractivity contribution in [2.45, 2.75) is 6.92 Å². The summed E-state index contributed by atoms with van der Waals surface area (Å²) in [5.74, 6) is 0.526. The number of aryl methyl sites for hydroxylation is 1. The lowest BCUT2D eigenvalue weighted by atomic mass is 10.2. The fourth-order valence-electron chi connectivity index (χ4n) is 2.01. The fraction of sp³-hybridized carbons (Fsp3) is 0.0667. The number of benzene rings is 2. The number of nitrogens with zero attached hydrogens (tertiary/aromatic N) is 1. The first-order valence-electron chi connectivity index (χ1n) is 6.25. The quantitative estimate of drug-likeness (QED) is 0.709. The van der Waals surface area contributed by atoms with E-state index in [2.05, 4.69) is 9.97 Å². The molecule has 6 heteroatoms. The Morgan fingerprint density at radius 1 is 1.29 bits per heavy atom. The average Bonchev–Trinajstić information content (AvgIpc) is 2.45. The highest BCUT2D eigenvalue weighted by Crippen LogP contribution is 2.30. The van der Waals surface area contributed by atoms with E-state index in [1.807, 2.05) is 0 Å². The summed E-state index contributed by atoms with van der Waals surface area (Å²) in [7, 11) is 0. The molecule has 3 rings (SSSR count). The third-order valence-corrected chi connectivity index (χ3v) is 3.13. The van der Waals surface area contributed by atoms with Gasteiger partial charge in [0.15, 0.2) is 5.75 Å². The van der Waals surface area contributed by atoms with Crippen molar-refractivity contribution < 1.29 is 9.13 Å². The van der Waals surface area contributed by atoms with Crippen LogP contribution in [-0.2, 0) is 0 Å². The minimum absolute atomic E-state index is 0.268. The number of nitrogen functional groups attached to an aromatic ring is 1. The molecule has 106 valence electrons. The lowest BCUT2D eigenvalue weighted by Gasteiger charge is -2.10. The number of aromatic nitrogens is 2. The molecule has 2 aromatic carbocycles. The number of rotatable bonds is 2. The first-order chi connectivity index (χ1) is 10.0. The Hall–Kier alpha value is -2.89. The van der Waals surface area contributed by atoms with Crippen LogP contribution in [0, 0.1) is 12.7 Å². The second-order valence-electron chi connectivity index (χ2n) is 4.65. The molecule has 21 heavy (non-hydrogen) atoms. The Balaban J connectivity index is 2.06. The SMILES string of the molecule is Cc1cc(Oc2cc3nc[nH]c(=O)c3cc2N)ccc1F. The van der Waals surface area contributed by atoms with Gasteiger partial charge >= 0.3 is 0 Å². The number of anilines is 1. The van der Waals surface area contributed by atoms with Crippen LogP contribution in [0.25, 0.3) is 10.9 Å². The predicted molar refractivity (Wildman–Crippen MR) is 78.0 cm³/mol. The van der Waals surface area contributed by atoms with Crippen LogP contribution in [0.4, 0.5) is 10.1 Å². The first-order valence-corrected chi connectivity index (χ1v) is 6.25. The Morgan fingerprint density at radius 3 is 2.86 bits per heavy atom. The molecule has 0 unspecified atom stereocenters. The van der Waals surface area contributed by atoms with Crippen molar-refractivity contribution in [3.05, 3.63) is 58.4 Å². The molecule has 0 radical (unpaired) electrons. The summed E-state index contributed by atoms with van der Waals surface area (Å²) in [4.78, 5) is 18.2. The molecule has 0 aliphatic heterocycles. The van der Waals surface area contributed by atoms with Crippen LogP contribution in [0.1, 0.15) is 5.56 Å². The smallest absolute Gasteiger partial charge is 0.258 e. The zero-order valence-corrected chi connectivity index (χ0v) is 11.2. The monoisotopic (exact) mass is 285 g/mol. The van der Waals surface area contributed by atoms with Crippen LogP contribution in [0.5, 0.6) is 11.5 Å². The molecule has 0 atom stereocenters. The van der Waals surface area contributed by atoms with Gasteiger partial charge in [-0.15, -0.1) is 0 Å². The molecule has 3 N–H and O–H groups in total. The number of ether oxygens (including phenoxy) is 1. The summed E-state index contributed by atoms with van der Waals surface area (Å²) in [6.07, 6.45) is 1.31. The summed E-state index contributed by atoms with van der Waals surface area (Å²) in [6.45, 7) is 1.65. The summed E-state index contributed by atoms with van der Waals surface area (Å²) in [5.41, 5.74) is 6.88. The Morgan fingerprint density at radius 2 is 2.10 bits per heavy atom. The molecule has 3 aromatic rings. The molecular weight excluding hydrogens is 273 g/mol. The van der Waals surface area contributed by atoms with E-state index >= 15 is 0 Å². The number of halogens is 1. The molecule has 0 amide bonds. The van der Waals surface area contributed by atoms with Gasteiger partial charge in [0.2, 0.25) is 0 Å². The Labute approximate surface area is 119 Å². The van der Waals surface area contributed by atoms with Gasteiger partial charge in [-0.1, -0.05) is 0 Å². The summed E-state index contributed by atoms with van der Waals surface area (Å²) < 4.78 is 18.9. The maximum Gasteiger partial charge on any atom is 0.258 e. The second kappa shape index (κ2) is 4.90. The summed E-state index contributed by atoms with van der Waals surface area (Å²) >= 11 is 0. The van der Waals surface area contributed by atoms with E-state index in [1.54, 1.807) is 19.1 Å². The molecule has 0 saturated carbocycles.